The molecule has 2 heterocycles. The number of hydrogen-bond acceptors (Lipinski definition) is 4. The molecule has 0 atom stereocenters. The molecule has 5 nitrogen and oxygen atoms in total. The molecule has 0 spiro atoms. The minimum Gasteiger partial charge on any atom is -0.489 e. The van der Waals surface area contributed by atoms with Gasteiger partial charge >= 0.3 is 5.97 Å². The highest BCUT2D eigenvalue weighted by atomic mass is 32.1. The van der Waals surface area contributed by atoms with Crippen molar-refractivity contribution in [2.45, 2.75) is 51.2 Å². The quantitative estimate of drug-likeness (QED) is 0.267. The number of ether oxygens (including phenoxy) is 2. The molecule has 1 aliphatic rings. The predicted molar refractivity (Wildman–Crippen MR) is 141 cm³/mol. The third-order valence-electron chi connectivity index (χ3n) is 6.89. The van der Waals surface area contributed by atoms with E-state index in [1.807, 2.05) is 36.4 Å². The van der Waals surface area contributed by atoms with Crippen LogP contribution in [0.25, 0.3) is 21.5 Å². The highest BCUT2D eigenvalue weighted by molar-refractivity contribution is 7.21. The smallest absolute Gasteiger partial charge is 0.345 e. The summed E-state index contributed by atoms with van der Waals surface area (Å²) in [7, 11) is 1.71. The molecule has 4 aromatic rings. The number of rotatable bonds is 9. The van der Waals surface area contributed by atoms with Crippen LogP contribution in [-0.4, -0.2) is 29.4 Å². The second kappa shape index (κ2) is 10.7. The van der Waals surface area contributed by atoms with Gasteiger partial charge in [0.15, 0.2) is 0 Å². The summed E-state index contributed by atoms with van der Waals surface area (Å²) in [6.07, 6.45) is 6.01. The van der Waals surface area contributed by atoms with Crippen LogP contribution in [0.1, 0.15) is 58.8 Å². The van der Waals surface area contributed by atoms with Crippen LogP contribution in [0.4, 0.5) is 0 Å². The number of aromatic nitrogens is 1. The summed E-state index contributed by atoms with van der Waals surface area (Å²) in [6.45, 7) is 1.78. The van der Waals surface area contributed by atoms with E-state index in [4.69, 9.17) is 9.47 Å². The lowest BCUT2D eigenvalue weighted by Gasteiger charge is -2.23. The molecular weight excluding hydrogens is 458 g/mol. The number of methoxy groups -OCH3 is 1. The van der Waals surface area contributed by atoms with Crippen LogP contribution in [0.15, 0.2) is 60.7 Å². The van der Waals surface area contributed by atoms with E-state index in [0.717, 1.165) is 39.9 Å². The molecule has 1 saturated carbocycles. The van der Waals surface area contributed by atoms with Gasteiger partial charge in [-0.1, -0.05) is 49.6 Å². The number of hydrogen-bond donors (Lipinski definition) is 1. The zero-order valence-electron chi connectivity index (χ0n) is 20.0. The summed E-state index contributed by atoms with van der Waals surface area (Å²) in [6, 6.07) is 20.3. The first kappa shape index (κ1) is 23.6. The third kappa shape index (κ3) is 5.00. The first-order chi connectivity index (χ1) is 17.2. The highest BCUT2D eigenvalue weighted by Crippen LogP contribution is 2.47. The van der Waals surface area contributed by atoms with Gasteiger partial charge in [-0.15, -0.1) is 11.3 Å². The molecule has 182 valence electrons. The van der Waals surface area contributed by atoms with Crippen LogP contribution in [0.2, 0.25) is 0 Å². The summed E-state index contributed by atoms with van der Waals surface area (Å²) in [5.41, 5.74) is 5.78. The first-order valence-electron chi connectivity index (χ1n) is 12.3. The molecule has 2 aromatic heterocycles. The lowest BCUT2D eigenvalue weighted by Crippen LogP contribution is -2.09. The molecule has 0 aliphatic heterocycles. The number of fused-ring (bicyclic) bond motifs is 1. The van der Waals surface area contributed by atoms with Crippen molar-refractivity contribution in [3.63, 3.8) is 0 Å². The molecule has 6 heteroatoms. The fourth-order valence-electron chi connectivity index (χ4n) is 5.20. The molecule has 0 radical (unpaired) electrons. The van der Waals surface area contributed by atoms with Crippen molar-refractivity contribution in [1.82, 2.24) is 4.57 Å². The number of carboxylic acid groups (broad SMARTS) is 1. The maximum Gasteiger partial charge on any atom is 0.345 e. The Kier molecular flexibility index (Phi) is 7.21. The minimum atomic E-state index is -0.861. The first-order valence-corrected chi connectivity index (χ1v) is 13.1. The maximum atomic E-state index is 11.8. The molecule has 2 aromatic carbocycles. The van der Waals surface area contributed by atoms with E-state index in [1.54, 1.807) is 7.11 Å². The van der Waals surface area contributed by atoms with Crippen molar-refractivity contribution in [2.24, 2.45) is 0 Å². The van der Waals surface area contributed by atoms with Crippen molar-refractivity contribution in [1.29, 1.82) is 0 Å². The van der Waals surface area contributed by atoms with Crippen LogP contribution >= 0.6 is 11.3 Å². The van der Waals surface area contributed by atoms with E-state index in [1.165, 1.54) is 41.9 Å². The van der Waals surface area contributed by atoms with E-state index >= 15 is 0 Å². The van der Waals surface area contributed by atoms with Gasteiger partial charge in [-0.2, -0.15) is 0 Å². The van der Waals surface area contributed by atoms with Gasteiger partial charge in [0.05, 0.1) is 22.5 Å². The van der Waals surface area contributed by atoms with E-state index < -0.39 is 5.97 Å². The third-order valence-corrected chi connectivity index (χ3v) is 8.04. The van der Waals surface area contributed by atoms with Crippen LogP contribution in [0, 0.1) is 0 Å². The predicted octanol–water partition coefficient (Wildman–Crippen LogP) is 7.34. The Morgan fingerprint density at radius 3 is 2.49 bits per heavy atom. The molecular formula is C29H31NO4S. The summed E-state index contributed by atoms with van der Waals surface area (Å²) in [5, 5.41) is 9.68. The molecule has 5 rings (SSSR count). The number of nitrogens with zero attached hydrogens (tertiary/aromatic N) is 1. The van der Waals surface area contributed by atoms with Crippen molar-refractivity contribution in [2.75, 3.05) is 13.7 Å². The van der Waals surface area contributed by atoms with E-state index in [0.29, 0.717) is 30.6 Å². The normalized spacial score (nSPS) is 14.4. The van der Waals surface area contributed by atoms with E-state index in [9.17, 15) is 9.90 Å². The monoisotopic (exact) mass is 489 g/mol. The number of carbonyl (C=O) groups is 1. The van der Waals surface area contributed by atoms with Crippen LogP contribution in [0.3, 0.4) is 0 Å². The molecule has 0 unspecified atom stereocenters. The van der Waals surface area contributed by atoms with E-state index in [2.05, 4.69) is 28.8 Å². The lowest BCUT2D eigenvalue weighted by atomic mass is 9.83. The van der Waals surface area contributed by atoms with Gasteiger partial charge < -0.3 is 19.1 Å². The summed E-state index contributed by atoms with van der Waals surface area (Å²) < 4.78 is 14.8. The minimum absolute atomic E-state index is 0.398. The fraction of sp³-hybridized carbons (Fsp3) is 0.345. The van der Waals surface area contributed by atoms with Crippen LogP contribution in [0.5, 0.6) is 5.75 Å². The van der Waals surface area contributed by atoms with Gasteiger partial charge in [0.1, 0.15) is 17.2 Å². The molecule has 1 aliphatic carbocycles. The second-order valence-electron chi connectivity index (χ2n) is 9.17. The topological polar surface area (TPSA) is 60.7 Å². The Balaban J connectivity index is 1.55. The number of aromatic carboxylic acids is 1. The number of carboxylic acids is 1. The Labute approximate surface area is 209 Å². The van der Waals surface area contributed by atoms with Crippen LogP contribution in [-0.2, 0) is 17.9 Å². The molecule has 35 heavy (non-hydrogen) atoms. The van der Waals surface area contributed by atoms with Crippen molar-refractivity contribution < 1.29 is 19.4 Å². The van der Waals surface area contributed by atoms with Gasteiger partial charge in [-0.05, 0) is 65.8 Å². The number of benzene rings is 2. The maximum absolute atomic E-state index is 11.8. The van der Waals surface area contributed by atoms with E-state index in [-0.39, 0.29) is 0 Å². The summed E-state index contributed by atoms with van der Waals surface area (Å²) in [4.78, 5) is 12.2. The Morgan fingerprint density at radius 1 is 1.06 bits per heavy atom. The SMILES string of the molecule is COCCn1c(-c2ccc(OCc3ccccc3)cc2)c(C2CCCCC2)c2sc(C(=O)O)cc21. The average molecular weight is 490 g/mol. The highest BCUT2D eigenvalue weighted by Gasteiger charge is 2.28. The lowest BCUT2D eigenvalue weighted by molar-refractivity contribution is 0.0702. The molecule has 0 saturated heterocycles. The second-order valence-corrected chi connectivity index (χ2v) is 10.2. The van der Waals surface area contributed by atoms with Gasteiger partial charge in [-0.25, -0.2) is 4.79 Å². The molecule has 1 fully saturated rings. The molecule has 0 amide bonds. The van der Waals surface area contributed by atoms with Crippen molar-refractivity contribution in [3.8, 4) is 17.0 Å². The Bertz CT molecular complexity index is 1280. The average Bonchev–Trinajstić information content (AvgIpc) is 3.45. The fourth-order valence-corrected chi connectivity index (χ4v) is 6.32. The standard InChI is InChI=1S/C29H31NO4S/c1-33-17-16-30-24-18-25(29(31)32)35-28(24)26(21-10-6-3-7-11-21)27(30)22-12-14-23(15-13-22)34-19-20-8-4-2-5-9-20/h2,4-5,8-9,12-15,18,21H,3,6-7,10-11,16-17,19H2,1H3,(H,31,32). The molecule has 1 N–H and O–H groups in total. The zero-order chi connectivity index (χ0) is 24.2. The van der Waals surface area contributed by atoms with Crippen molar-refractivity contribution >= 4 is 27.5 Å². The number of thiophene rings is 1. The summed E-state index contributed by atoms with van der Waals surface area (Å²) in [5.74, 6) is 0.418. The van der Waals surface area contributed by atoms with Crippen LogP contribution < -0.4 is 4.74 Å². The Morgan fingerprint density at radius 2 is 1.80 bits per heavy atom. The van der Waals surface area contributed by atoms with Gasteiger partial charge in [0.2, 0.25) is 0 Å². The van der Waals surface area contributed by atoms with Crippen molar-refractivity contribution in [3.05, 3.63) is 76.7 Å². The van der Waals surface area contributed by atoms with Gasteiger partial charge in [0, 0.05) is 13.7 Å². The Hall–Kier alpha value is -3.09. The summed E-state index contributed by atoms with van der Waals surface area (Å²) >= 11 is 1.41. The zero-order valence-corrected chi connectivity index (χ0v) is 20.9. The molecule has 0 bridgehead atoms. The van der Waals surface area contributed by atoms with Gasteiger partial charge in [0.25, 0.3) is 0 Å². The largest absolute Gasteiger partial charge is 0.489 e. The van der Waals surface area contributed by atoms with Gasteiger partial charge in [-0.3, -0.25) is 0 Å².